The first kappa shape index (κ1) is 9.78. The molecule has 1 saturated carbocycles. The Morgan fingerprint density at radius 2 is 1.93 bits per heavy atom. The highest BCUT2D eigenvalue weighted by Crippen LogP contribution is 2.31. The van der Waals surface area contributed by atoms with Gasteiger partial charge in [0.15, 0.2) is 0 Å². The van der Waals surface area contributed by atoms with Crippen molar-refractivity contribution in [2.24, 2.45) is 11.7 Å². The van der Waals surface area contributed by atoms with E-state index in [-0.39, 0.29) is 6.04 Å². The van der Waals surface area contributed by atoms with Gasteiger partial charge in [0.1, 0.15) is 5.76 Å². The molecule has 14 heavy (non-hydrogen) atoms. The van der Waals surface area contributed by atoms with Crippen LogP contribution in [0.15, 0.2) is 22.8 Å². The highest BCUT2D eigenvalue weighted by Gasteiger charge is 2.22. The first-order chi connectivity index (χ1) is 6.88. The Balaban J connectivity index is 1.99. The molecule has 78 valence electrons. The molecule has 0 unspecified atom stereocenters. The molecule has 1 aliphatic rings. The van der Waals surface area contributed by atoms with E-state index in [9.17, 15) is 0 Å². The number of hydrogen-bond donors (Lipinski definition) is 1. The van der Waals surface area contributed by atoms with Crippen LogP contribution in [-0.2, 0) is 0 Å². The summed E-state index contributed by atoms with van der Waals surface area (Å²) >= 11 is 0. The van der Waals surface area contributed by atoms with E-state index in [2.05, 4.69) is 0 Å². The maximum Gasteiger partial charge on any atom is 0.120 e. The Hall–Kier alpha value is -0.760. The van der Waals surface area contributed by atoms with Gasteiger partial charge in [-0.25, -0.2) is 0 Å². The van der Waals surface area contributed by atoms with Gasteiger partial charge in [-0.05, 0) is 30.9 Å². The van der Waals surface area contributed by atoms with Crippen LogP contribution in [0.25, 0.3) is 0 Å². The smallest absolute Gasteiger partial charge is 0.120 e. The van der Waals surface area contributed by atoms with Crippen LogP contribution in [0, 0.1) is 5.92 Å². The average Bonchev–Trinajstić information content (AvgIpc) is 2.59. The van der Waals surface area contributed by atoms with Crippen molar-refractivity contribution in [3.63, 3.8) is 0 Å². The van der Waals surface area contributed by atoms with Gasteiger partial charge < -0.3 is 10.2 Å². The van der Waals surface area contributed by atoms with Crippen molar-refractivity contribution >= 4 is 0 Å². The zero-order valence-corrected chi connectivity index (χ0v) is 8.61. The van der Waals surface area contributed by atoms with Crippen LogP contribution in [0.2, 0.25) is 0 Å². The molecule has 0 spiro atoms. The average molecular weight is 193 g/mol. The van der Waals surface area contributed by atoms with E-state index in [0.717, 1.165) is 5.76 Å². The lowest BCUT2D eigenvalue weighted by Gasteiger charge is -2.20. The lowest BCUT2D eigenvalue weighted by molar-refractivity contribution is 0.332. The molecule has 2 heteroatoms. The molecule has 0 aliphatic heterocycles. The van der Waals surface area contributed by atoms with Gasteiger partial charge in [-0.1, -0.05) is 25.7 Å². The van der Waals surface area contributed by atoms with Crippen LogP contribution in [0.1, 0.15) is 50.3 Å². The highest BCUT2D eigenvalue weighted by atomic mass is 16.3. The van der Waals surface area contributed by atoms with Crippen molar-refractivity contribution in [3.8, 4) is 0 Å². The molecule has 1 aromatic rings. The van der Waals surface area contributed by atoms with Gasteiger partial charge in [-0.2, -0.15) is 0 Å². The molecular formula is C12H19NO. The lowest BCUT2D eigenvalue weighted by atomic mass is 9.91. The van der Waals surface area contributed by atoms with Gasteiger partial charge in [-0.15, -0.1) is 0 Å². The molecule has 1 atom stereocenters. The van der Waals surface area contributed by atoms with Crippen molar-refractivity contribution in [1.82, 2.24) is 0 Å². The van der Waals surface area contributed by atoms with Crippen LogP contribution in [-0.4, -0.2) is 0 Å². The quantitative estimate of drug-likeness (QED) is 0.732. The normalized spacial score (nSPS) is 21.8. The van der Waals surface area contributed by atoms with Gasteiger partial charge in [-0.3, -0.25) is 0 Å². The number of rotatable bonds is 2. The van der Waals surface area contributed by atoms with Crippen molar-refractivity contribution in [2.75, 3.05) is 0 Å². The van der Waals surface area contributed by atoms with Gasteiger partial charge in [0.05, 0.1) is 12.3 Å². The fourth-order valence-electron chi connectivity index (χ4n) is 2.38. The Bertz CT molecular complexity index is 247. The third-order valence-electron chi connectivity index (χ3n) is 3.28. The summed E-state index contributed by atoms with van der Waals surface area (Å²) in [4.78, 5) is 0. The van der Waals surface area contributed by atoms with Crippen molar-refractivity contribution in [2.45, 2.75) is 44.6 Å². The van der Waals surface area contributed by atoms with Crippen molar-refractivity contribution in [3.05, 3.63) is 24.2 Å². The van der Waals surface area contributed by atoms with Crippen LogP contribution in [0.4, 0.5) is 0 Å². The minimum absolute atomic E-state index is 0.114. The Morgan fingerprint density at radius 1 is 1.21 bits per heavy atom. The maximum atomic E-state index is 6.19. The molecule has 0 radical (unpaired) electrons. The molecule has 1 fully saturated rings. The largest absolute Gasteiger partial charge is 0.468 e. The molecule has 1 aromatic heterocycles. The highest BCUT2D eigenvalue weighted by molar-refractivity contribution is 5.05. The van der Waals surface area contributed by atoms with E-state index in [1.165, 1.54) is 38.5 Å². The summed E-state index contributed by atoms with van der Waals surface area (Å²) in [6.45, 7) is 0. The van der Waals surface area contributed by atoms with Crippen LogP contribution in [0.3, 0.4) is 0 Å². The fourth-order valence-corrected chi connectivity index (χ4v) is 2.38. The van der Waals surface area contributed by atoms with E-state index in [4.69, 9.17) is 10.2 Å². The summed E-state index contributed by atoms with van der Waals surface area (Å²) in [6, 6.07) is 4.03. The molecular weight excluding hydrogens is 174 g/mol. The molecule has 0 aromatic carbocycles. The number of hydrogen-bond acceptors (Lipinski definition) is 2. The standard InChI is InChI=1S/C12H19NO/c13-12(11-8-5-9-14-11)10-6-3-1-2-4-7-10/h5,8-10,12H,1-4,6-7,13H2/t12-/m0/s1. The van der Waals surface area contributed by atoms with E-state index in [0.29, 0.717) is 5.92 Å². The summed E-state index contributed by atoms with van der Waals surface area (Å²) in [5.41, 5.74) is 6.19. The van der Waals surface area contributed by atoms with Gasteiger partial charge in [0.25, 0.3) is 0 Å². The second-order valence-corrected chi connectivity index (χ2v) is 4.29. The molecule has 1 heterocycles. The van der Waals surface area contributed by atoms with E-state index >= 15 is 0 Å². The summed E-state index contributed by atoms with van der Waals surface area (Å²) in [5.74, 6) is 1.58. The van der Waals surface area contributed by atoms with Crippen LogP contribution < -0.4 is 5.73 Å². The summed E-state index contributed by atoms with van der Waals surface area (Å²) in [5, 5.41) is 0. The molecule has 1 aliphatic carbocycles. The van der Waals surface area contributed by atoms with E-state index < -0.39 is 0 Å². The van der Waals surface area contributed by atoms with E-state index in [1.807, 2.05) is 12.1 Å². The molecule has 0 bridgehead atoms. The first-order valence-electron chi connectivity index (χ1n) is 5.67. The molecule has 2 rings (SSSR count). The van der Waals surface area contributed by atoms with Crippen molar-refractivity contribution in [1.29, 1.82) is 0 Å². The first-order valence-corrected chi connectivity index (χ1v) is 5.67. The second-order valence-electron chi connectivity index (χ2n) is 4.29. The third kappa shape index (κ3) is 2.18. The predicted octanol–water partition coefficient (Wildman–Crippen LogP) is 3.25. The third-order valence-corrected chi connectivity index (χ3v) is 3.28. The van der Waals surface area contributed by atoms with E-state index in [1.54, 1.807) is 6.26 Å². The number of furan rings is 1. The topological polar surface area (TPSA) is 39.2 Å². The summed E-state index contributed by atoms with van der Waals surface area (Å²) in [6.07, 6.45) is 9.66. The fraction of sp³-hybridized carbons (Fsp3) is 0.667. The van der Waals surface area contributed by atoms with Crippen molar-refractivity contribution < 1.29 is 4.42 Å². The zero-order chi connectivity index (χ0) is 9.80. The predicted molar refractivity (Wildman–Crippen MR) is 56.8 cm³/mol. The lowest BCUT2D eigenvalue weighted by Crippen LogP contribution is -2.20. The van der Waals surface area contributed by atoms with Gasteiger partial charge in [0, 0.05) is 0 Å². The summed E-state index contributed by atoms with van der Waals surface area (Å²) < 4.78 is 5.36. The van der Waals surface area contributed by atoms with Gasteiger partial charge in [0.2, 0.25) is 0 Å². The molecule has 0 saturated heterocycles. The SMILES string of the molecule is N[C@H](c1ccco1)C1CCCCCC1. The second kappa shape index (κ2) is 4.65. The minimum Gasteiger partial charge on any atom is -0.468 e. The Kier molecular flexibility index (Phi) is 3.25. The minimum atomic E-state index is 0.114. The molecule has 2 N–H and O–H groups in total. The van der Waals surface area contributed by atoms with Crippen LogP contribution in [0.5, 0.6) is 0 Å². The monoisotopic (exact) mass is 193 g/mol. The Morgan fingerprint density at radius 3 is 2.50 bits per heavy atom. The van der Waals surface area contributed by atoms with Gasteiger partial charge >= 0.3 is 0 Å². The molecule has 2 nitrogen and oxygen atoms in total. The summed E-state index contributed by atoms with van der Waals surface area (Å²) in [7, 11) is 0. The van der Waals surface area contributed by atoms with Crippen LogP contribution >= 0.6 is 0 Å². The molecule has 0 amide bonds. The Labute approximate surface area is 85.5 Å². The maximum absolute atomic E-state index is 6.19. The zero-order valence-electron chi connectivity index (χ0n) is 8.61. The number of nitrogens with two attached hydrogens (primary N) is 1.